The van der Waals surface area contributed by atoms with Crippen molar-refractivity contribution in [2.45, 2.75) is 26.7 Å². The van der Waals surface area contributed by atoms with Gasteiger partial charge in [0.2, 0.25) is 0 Å². The number of fused-ring (bicyclic) bond motifs is 11. The summed E-state index contributed by atoms with van der Waals surface area (Å²) < 4.78 is 0. The lowest BCUT2D eigenvalue weighted by Gasteiger charge is -2.21. The summed E-state index contributed by atoms with van der Waals surface area (Å²) in [7, 11) is 0. The van der Waals surface area contributed by atoms with E-state index in [0.717, 1.165) is 12.8 Å². The second-order valence-corrected chi connectivity index (χ2v) is 19.8. The van der Waals surface area contributed by atoms with Crippen LogP contribution >= 0.6 is 0 Å². The van der Waals surface area contributed by atoms with Gasteiger partial charge in [0.25, 0.3) is 0 Å². The molecule has 0 aromatic heterocycles. The highest BCUT2D eigenvalue weighted by atomic mass is 14.3. The third-order valence-electron chi connectivity index (χ3n) is 16.4. The molecule has 68 heavy (non-hydrogen) atoms. The summed E-state index contributed by atoms with van der Waals surface area (Å²) in [5.41, 5.74) is 18.6. The Hall–Kier alpha value is -8.32. The van der Waals surface area contributed by atoms with Crippen LogP contribution in [0.4, 0.5) is 0 Å². The molecule has 0 radical (unpaired) electrons. The van der Waals surface area contributed by atoms with Gasteiger partial charge < -0.3 is 0 Å². The minimum atomic E-state index is 1.07. The molecule has 0 spiro atoms. The Labute approximate surface area is 393 Å². The van der Waals surface area contributed by atoms with Crippen molar-refractivity contribution in [1.82, 2.24) is 0 Å². The first-order valence-electron chi connectivity index (χ1n) is 24.3. The summed E-state index contributed by atoms with van der Waals surface area (Å²) in [6.07, 6.45) is 7.01. The van der Waals surface area contributed by atoms with E-state index in [1.54, 1.807) is 0 Å². The summed E-state index contributed by atoms with van der Waals surface area (Å²) in [4.78, 5) is 0. The second kappa shape index (κ2) is 13.2. The van der Waals surface area contributed by atoms with Crippen LogP contribution in [-0.2, 0) is 0 Å². The molecule has 314 valence electrons. The van der Waals surface area contributed by atoms with Gasteiger partial charge in [-0.2, -0.15) is 0 Å². The van der Waals surface area contributed by atoms with Gasteiger partial charge in [-0.1, -0.05) is 175 Å². The summed E-state index contributed by atoms with van der Waals surface area (Å²) in [5.74, 6) is 0. The number of aryl methyl sites for hydroxylation is 1. The number of benzene rings is 11. The van der Waals surface area contributed by atoms with Gasteiger partial charge in [-0.3, -0.25) is 0 Å². The summed E-state index contributed by atoms with van der Waals surface area (Å²) >= 11 is 0. The van der Waals surface area contributed by atoms with Crippen LogP contribution in [0, 0.1) is 27.8 Å². The molecule has 3 aliphatic carbocycles. The Morgan fingerprint density at radius 1 is 0.309 bits per heavy atom. The van der Waals surface area contributed by atoms with E-state index in [2.05, 4.69) is 208 Å². The van der Waals surface area contributed by atoms with E-state index in [9.17, 15) is 0 Å². The Balaban J connectivity index is 1.07. The maximum atomic E-state index is 2.61. The largest absolute Gasteiger partial charge is 0.0836 e. The number of allylic oxidation sites excluding steroid dienone is 4. The van der Waals surface area contributed by atoms with Crippen molar-refractivity contribution in [3.63, 3.8) is 0 Å². The zero-order valence-electron chi connectivity index (χ0n) is 37.9. The molecule has 0 N–H and O–H groups in total. The van der Waals surface area contributed by atoms with Gasteiger partial charge in [0.05, 0.1) is 0 Å². The number of hydrogen-bond acceptors (Lipinski definition) is 0. The van der Waals surface area contributed by atoms with Crippen molar-refractivity contribution in [3.8, 4) is 55.6 Å². The van der Waals surface area contributed by atoms with Crippen LogP contribution < -0.4 is 0 Å². The van der Waals surface area contributed by atoms with Crippen molar-refractivity contribution >= 4 is 81.0 Å². The first-order chi connectivity index (χ1) is 33.6. The average molecular weight is 859 g/mol. The highest BCUT2D eigenvalue weighted by Gasteiger charge is 2.31. The fraction of sp³-hybridized carbons (Fsp3) is 0.0588. The van der Waals surface area contributed by atoms with Crippen LogP contribution in [0.3, 0.4) is 0 Å². The molecule has 0 amide bonds. The van der Waals surface area contributed by atoms with Crippen molar-refractivity contribution in [1.29, 1.82) is 0 Å². The number of rotatable bonds is 4. The molecule has 0 bridgehead atoms. The highest BCUT2D eigenvalue weighted by Crippen LogP contribution is 2.58. The van der Waals surface area contributed by atoms with E-state index in [-0.39, 0.29) is 0 Å². The Morgan fingerprint density at radius 3 is 1.57 bits per heavy atom. The maximum Gasteiger partial charge on any atom is -0.000730 e. The van der Waals surface area contributed by atoms with Gasteiger partial charge in [-0.05, 0) is 220 Å². The minimum absolute atomic E-state index is 1.07. The highest BCUT2D eigenvalue weighted by molar-refractivity contribution is 6.43. The first-order valence-corrected chi connectivity index (χ1v) is 24.3. The van der Waals surface area contributed by atoms with E-state index < -0.39 is 0 Å². The average Bonchev–Trinajstić information content (AvgIpc) is 4.10. The smallest absolute Gasteiger partial charge is 0.000730 e. The lowest BCUT2D eigenvalue weighted by atomic mass is 9.82. The van der Waals surface area contributed by atoms with Gasteiger partial charge >= 0.3 is 0 Å². The molecule has 0 nitrogen and oxygen atoms in total. The van der Waals surface area contributed by atoms with Crippen LogP contribution in [-0.4, -0.2) is 0 Å². The monoisotopic (exact) mass is 858 g/mol. The lowest BCUT2D eigenvalue weighted by Crippen LogP contribution is -1.97. The van der Waals surface area contributed by atoms with Gasteiger partial charge in [0.1, 0.15) is 0 Å². The third kappa shape index (κ3) is 4.65. The second-order valence-electron chi connectivity index (χ2n) is 19.8. The summed E-state index contributed by atoms with van der Waals surface area (Å²) in [6.45, 7) is 4.68. The van der Waals surface area contributed by atoms with Crippen molar-refractivity contribution < 1.29 is 0 Å². The Kier molecular flexibility index (Phi) is 7.14. The molecule has 0 unspecified atom stereocenters. The molecule has 3 aliphatic rings. The fourth-order valence-electron chi connectivity index (χ4n) is 13.4. The lowest BCUT2D eigenvalue weighted by molar-refractivity contribution is 0.968. The van der Waals surface area contributed by atoms with E-state index in [0.29, 0.717) is 0 Å². The van der Waals surface area contributed by atoms with Gasteiger partial charge in [-0.25, -0.2) is 0 Å². The van der Waals surface area contributed by atoms with E-state index in [1.807, 2.05) is 0 Å². The molecule has 13 aromatic carbocycles. The predicted molar refractivity (Wildman–Crippen MR) is 290 cm³/mol. The van der Waals surface area contributed by atoms with Gasteiger partial charge in [0, 0.05) is 0 Å². The van der Waals surface area contributed by atoms with Gasteiger partial charge in [0.15, 0.2) is 0 Å². The quantitative estimate of drug-likeness (QED) is 0.165. The molecule has 13 aromatic rings. The standard InChI is InChI=1S/C68H42/c1-37-13-9-11-19-43(37)61-60-36-58-52-28-27-49-55-33-41(39-15-5-3-6-16-39)21-23-45(55)47-25-26-51(65(52)63(47)49)57(58)35-59(60)62(44-20-12-10-14-38(44)2)68-54-32-30-50-56-34-42(40-17-7-4-8-18-40)22-24-46(56)48-29-31-53(67(61)68)66(54)64(48)50/h3-8,10-12,14-36H,9,13H2,1-2H3. The molecule has 0 aliphatic heterocycles. The molecule has 0 heteroatoms. The summed E-state index contributed by atoms with van der Waals surface area (Å²) in [6, 6.07) is 69.6. The van der Waals surface area contributed by atoms with Gasteiger partial charge in [-0.15, -0.1) is 0 Å². The Morgan fingerprint density at radius 2 is 0.868 bits per heavy atom. The molecule has 0 atom stereocenters. The van der Waals surface area contributed by atoms with Crippen LogP contribution in [0.25, 0.3) is 137 Å². The van der Waals surface area contributed by atoms with Crippen molar-refractivity contribution in [2.75, 3.05) is 0 Å². The molecule has 0 saturated heterocycles. The predicted octanol–water partition coefficient (Wildman–Crippen LogP) is 18.6. The Bertz CT molecular complexity index is 4700. The molecule has 0 heterocycles. The zero-order chi connectivity index (χ0) is 44.5. The van der Waals surface area contributed by atoms with Crippen LogP contribution in [0.2, 0.25) is 0 Å². The first kappa shape index (κ1) is 36.8. The SMILES string of the molecule is CC1=C(c2c3cc4c(cc3c(-c3ccccc3C)c3c5ccc6c7c(ccc(c23)c75)-c2ccc(-c3ccccc3)cc2-6)c2ccc3c5c(ccc4c52)=c2cc(-c4ccccc4)ccc2=3)C=CCC1. The van der Waals surface area contributed by atoms with E-state index >= 15 is 0 Å². The normalized spacial score (nSPS) is 13.8. The molecule has 16 rings (SSSR count). The molecule has 0 fully saturated rings. The van der Waals surface area contributed by atoms with E-state index in [1.165, 1.54) is 174 Å². The van der Waals surface area contributed by atoms with E-state index in [4.69, 9.17) is 0 Å². The minimum Gasteiger partial charge on any atom is -0.0836 e. The third-order valence-corrected chi connectivity index (χ3v) is 16.4. The molecule has 0 saturated carbocycles. The van der Waals surface area contributed by atoms with Crippen LogP contribution in [0.1, 0.15) is 30.9 Å². The maximum absolute atomic E-state index is 2.61. The van der Waals surface area contributed by atoms with Crippen molar-refractivity contribution in [3.05, 3.63) is 232 Å². The number of hydrogen-bond donors (Lipinski definition) is 0. The topological polar surface area (TPSA) is 0 Å². The molecular formula is C68H42. The zero-order valence-corrected chi connectivity index (χ0v) is 37.9. The van der Waals surface area contributed by atoms with Crippen LogP contribution in [0.5, 0.6) is 0 Å². The fourth-order valence-corrected chi connectivity index (χ4v) is 13.4. The summed E-state index contributed by atoms with van der Waals surface area (Å²) in [5, 5.41) is 24.5. The molecular weight excluding hydrogens is 817 g/mol. The van der Waals surface area contributed by atoms with Crippen molar-refractivity contribution in [2.24, 2.45) is 0 Å². The van der Waals surface area contributed by atoms with Crippen LogP contribution in [0.15, 0.2) is 200 Å².